The molecule has 0 saturated heterocycles. The summed E-state index contributed by atoms with van der Waals surface area (Å²) in [5, 5.41) is 5.27. The molecule has 1 aromatic carbocycles. The van der Waals surface area contributed by atoms with Crippen molar-refractivity contribution in [2.45, 2.75) is 51.6 Å². The van der Waals surface area contributed by atoms with Gasteiger partial charge >= 0.3 is 0 Å². The Hall–Kier alpha value is -2.09. The first kappa shape index (κ1) is 21.2. The third kappa shape index (κ3) is 5.45. The summed E-state index contributed by atoms with van der Waals surface area (Å²) in [4.78, 5) is 25.2. The second kappa shape index (κ2) is 9.21. The maximum Gasteiger partial charge on any atom is 0.279 e. The standard InChI is InChI=1S/C19H26F3N3O2/c1-11-6-4-5-7-14(11)24-19(27)12(2)25(3)10-16(26)23-15-9-8-13(20)17(21)18(15)22/h8-9,11-12,14H,4-7,10H2,1-3H3,(H,23,26)(H,24,27)/p+1/t11-,12+,14-/m0/s1. The first-order valence-electron chi connectivity index (χ1n) is 9.26. The Kier molecular flexibility index (Phi) is 7.24. The number of hydrogen-bond donors (Lipinski definition) is 3. The second-order valence-electron chi connectivity index (χ2n) is 7.39. The Morgan fingerprint density at radius 1 is 1.19 bits per heavy atom. The first-order valence-corrected chi connectivity index (χ1v) is 9.26. The van der Waals surface area contributed by atoms with Crippen molar-refractivity contribution in [3.05, 3.63) is 29.6 Å². The summed E-state index contributed by atoms with van der Waals surface area (Å²) in [6.45, 7) is 3.71. The Morgan fingerprint density at radius 2 is 1.85 bits per heavy atom. The molecule has 0 aliphatic heterocycles. The fourth-order valence-corrected chi connectivity index (χ4v) is 3.29. The van der Waals surface area contributed by atoms with Gasteiger partial charge in [-0.1, -0.05) is 19.8 Å². The van der Waals surface area contributed by atoms with Crippen molar-refractivity contribution >= 4 is 17.5 Å². The molecule has 1 unspecified atom stereocenters. The Bertz CT molecular complexity index is 699. The maximum atomic E-state index is 13.6. The summed E-state index contributed by atoms with van der Waals surface area (Å²) >= 11 is 0. The summed E-state index contributed by atoms with van der Waals surface area (Å²) in [5.74, 6) is -4.72. The molecule has 1 aromatic rings. The number of carbonyl (C=O) groups excluding carboxylic acids is 2. The average Bonchev–Trinajstić information content (AvgIpc) is 2.63. The highest BCUT2D eigenvalue weighted by molar-refractivity contribution is 5.91. The predicted octanol–water partition coefficient (Wildman–Crippen LogP) is 1.64. The van der Waals surface area contributed by atoms with Gasteiger partial charge in [-0.25, -0.2) is 13.2 Å². The lowest BCUT2D eigenvalue weighted by Gasteiger charge is -2.31. The SMILES string of the molecule is C[C@H](C(=O)N[C@H]1CCCC[C@@H]1C)[NH+](C)CC(=O)Nc1ccc(F)c(F)c1F. The van der Waals surface area contributed by atoms with Gasteiger partial charge in [0.15, 0.2) is 30.0 Å². The fourth-order valence-electron chi connectivity index (χ4n) is 3.29. The number of rotatable bonds is 6. The molecule has 1 aliphatic rings. The number of anilines is 1. The van der Waals surface area contributed by atoms with Crippen LogP contribution in [0.1, 0.15) is 39.5 Å². The normalized spacial score (nSPS) is 22.0. The van der Waals surface area contributed by atoms with Crippen LogP contribution in [0.25, 0.3) is 0 Å². The zero-order valence-corrected chi connectivity index (χ0v) is 15.9. The van der Waals surface area contributed by atoms with Crippen molar-refractivity contribution in [2.24, 2.45) is 5.92 Å². The third-order valence-electron chi connectivity index (χ3n) is 5.32. The molecule has 5 nitrogen and oxygen atoms in total. The summed E-state index contributed by atoms with van der Waals surface area (Å²) < 4.78 is 39.8. The van der Waals surface area contributed by atoms with Crippen LogP contribution in [0.5, 0.6) is 0 Å². The number of nitrogens with one attached hydrogen (secondary N) is 3. The van der Waals surface area contributed by atoms with Crippen LogP contribution in [-0.2, 0) is 9.59 Å². The molecule has 27 heavy (non-hydrogen) atoms. The molecular weight excluding hydrogens is 359 g/mol. The van der Waals surface area contributed by atoms with Gasteiger partial charge in [-0.05, 0) is 37.8 Å². The van der Waals surface area contributed by atoms with Crippen molar-refractivity contribution in [3.8, 4) is 0 Å². The van der Waals surface area contributed by atoms with E-state index < -0.39 is 35.1 Å². The molecule has 1 fully saturated rings. The van der Waals surface area contributed by atoms with E-state index in [1.807, 2.05) is 0 Å². The van der Waals surface area contributed by atoms with Crippen LogP contribution >= 0.6 is 0 Å². The van der Waals surface area contributed by atoms with E-state index in [0.717, 1.165) is 31.4 Å². The zero-order valence-electron chi connectivity index (χ0n) is 15.9. The minimum atomic E-state index is -1.64. The molecular formula is C19H27F3N3O2+. The molecule has 8 heteroatoms. The molecule has 1 aliphatic carbocycles. The molecule has 0 aromatic heterocycles. The van der Waals surface area contributed by atoms with Gasteiger partial charge in [-0.2, -0.15) is 0 Å². The third-order valence-corrected chi connectivity index (χ3v) is 5.32. The van der Waals surface area contributed by atoms with E-state index in [2.05, 4.69) is 17.6 Å². The number of likely N-dealkylation sites (N-methyl/N-ethyl adjacent to an activating group) is 1. The van der Waals surface area contributed by atoms with Crippen LogP contribution in [0.4, 0.5) is 18.9 Å². The summed E-state index contributed by atoms with van der Waals surface area (Å²) in [6.07, 6.45) is 4.31. The predicted molar refractivity (Wildman–Crippen MR) is 95.7 cm³/mol. The molecule has 3 N–H and O–H groups in total. The van der Waals surface area contributed by atoms with E-state index in [0.29, 0.717) is 10.8 Å². The number of carbonyl (C=O) groups is 2. The van der Waals surface area contributed by atoms with Crippen molar-refractivity contribution in [2.75, 3.05) is 18.9 Å². The molecule has 0 heterocycles. The van der Waals surface area contributed by atoms with E-state index in [9.17, 15) is 22.8 Å². The summed E-state index contributed by atoms with van der Waals surface area (Å²) in [6, 6.07) is 1.36. The number of amides is 2. The van der Waals surface area contributed by atoms with E-state index in [1.165, 1.54) is 6.42 Å². The maximum absolute atomic E-state index is 13.6. The van der Waals surface area contributed by atoms with E-state index >= 15 is 0 Å². The minimum Gasteiger partial charge on any atom is -0.348 e. The van der Waals surface area contributed by atoms with E-state index in [4.69, 9.17) is 0 Å². The van der Waals surface area contributed by atoms with Crippen LogP contribution < -0.4 is 15.5 Å². The van der Waals surface area contributed by atoms with Gasteiger partial charge < -0.3 is 15.5 Å². The molecule has 150 valence electrons. The molecule has 2 amide bonds. The van der Waals surface area contributed by atoms with E-state index in [1.54, 1.807) is 14.0 Å². The van der Waals surface area contributed by atoms with Gasteiger partial charge in [0.2, 0.25) is 0 Å². The van der Waals surface area contributed by atoms with Crippen LogP contribution in [0, 0.1) is 23.4 Å². The first-order chi connectivity index (χ1) is 12.7. The molecule has 4 atom stereocenters. The molecule has 0 radical (unpaired) electrons. The monoisotopic (exact) mass is 386 g/mol. The van der Waals surface area contributed by atoms with Crippen LogP contribution in [0.2, 0.25) is 0 Å². The van der Waals surface area contributed by atoms with Crippen molar-refractivity contribution in [1.29, 1.82) is 0 Å². The highest BCUT2D eigenvalue weighted by Gasteiger charge is 2.29. The van der Waals surface area contributed by atoms with Gasteiger partial charge in [0.25, 0.3) is 11.8 Å². The second-order valence-corrected chi connectivity index (χ2v) is 7.39. The minimum absolute atomic E-state index is 0.118. The van der Waals surface area contributed by atoms with Gasteiger partial charge in [0.05, 0.1) is 12.7 Å². The van der Waals surface area contributed by atoms with Gasteiger partial charge in [0.1, 0.15) is 0 Å². The lowest BCUT2D eigenvalue weighted by atomic mass is 9.86. The topological polar surface area (TPSA) is 62.6 Å². The molecule has 2 rings (SSSR count). The highest BCUT2D eigenvalue weighted by Crippen LogP contribution is 2.23. The highest BCUT2D eigenvalue weighted by atomic mass is 19.2. The van der Waals surface area contributed by atoms with Gasteiger partial charge in [0, 0.05) is 6.04 Å². The Morgan fingerprint density at radius 3 is 2.52 bits per heavy atom. The Labute approximate surface area is 157 Å². The van der Waals surface area contributed by atoms with Crippen molar-refractivity contribution < 1.29 is 27.7 Å². The van der Waals surface area contributed by atoms with Crippen LogP contribution in [0.15, 0.2) is 12.1 Å². The number of quaternary nitrogens is 1. The molecule has 0 spiro atoms. The van der Waals surface area contributed by atoms with Crippen LogP contribution in [-0.4, -0.2) is 37.5 Å². The van der Waals surface area contributed by atoms with Gasteiger partial charge in [-0.3, -0.25) is 9.59 Å². The zero-order chi connectivity index (χ0) is 20.1. The van der Waals surface area contributed by atoms with Crippen molar-refractivity contribution in [1.82, 2.24) is 5.32 Å². The Balaban J connectivity index is 1.89. The van der Waals surface area contributed by atoms with Gasteiger partial charge in [-0.15, -0.1) is 0 Å². The molecule has 0 bridgehead atoms. The van der Waals surface area contributed by atoms with Crippen molar-refractivity contribution in [3.63, 3.8) is 0 Å². The number of halogens is 3. The fraction of sp³-hybridized carbons (Fsp3) is 0.579. The lowest BCUT2D eigenvalue weighted by Crippen LogP contribution is -3.15. The number of hydrogen-bond acceptors (Lipinski definition) is 2. The smallest absolute Gasteiger partial charge is 0.279 e. The summed E-state index contributed by atoms with van der Waals surface area (Å²) in [5.41, 5.74) is -0.431. The molecule has 1 saturated carbocycles. The average molecular weight is 386 g/mol. The lowest BCUT2D eigenvalue weighted by molar-refractivity contribution is -0.885. The van der Waals surface area contributed by atoms with E-state index in [-0.39, 0.29) is 18.5 Å². The quantitative estimate of drug-likeness (QED) is 0.651. The van der Waals surface area contributed by atoms with Crippen LogP contribution in [0.3, 0.4) is 0 Å². The number of benzene rings is 1. The summed E-state index contributed by atoms with van der Waals surface area (Å²) in [7, 11) is 1.68. The largest absolute Gasteiger partial charge is 0.348 e.